The van der Waals surface area contributed by atoms with Gasteiger partial charge in [0, 0.05) is 21.4 Å². The van der Waals surface area contributed by atoms with Crippen molar-refractivity contribution in [3.8, 4) is 11.5 Å². The van der Waals surface area contributed by atoms with Gasteiger partial charge in [-0.2, -0.15) is 0 Å². The number of nitrogens with zero attached hydrogens (tertiary/aromatic N) is 1. The molecule has 0 bridgehead atoms. The smallest absolute Gasteiger partial charge is 0.247 e. The second-order valence-corrected chi connectivity index (χ2v) is 10.8. The van der Waals surface area contributed by atoms with E-state index in [2.05, 4.69) is 5.32 Å². The quantitative estimate of drug-likeness (QED) is 0.385. The zero-order chi connectivity index (χ0) is 24.6. The maximum Gasteiger partial charge on any atom is 0.247 e. The molecule has 1 fully saturated rings. The first-order valence-electron chi connectivity index (χ1n) is 12.0. The molecule has 0 spiro atoms. The van der Waals surface area contributed by atoms with E-state index >= 15 is 0 Å². The van der Waals surface area contributed by atoms with Crippen molar-refractivity contribution in [1.29, 1.82) is 0 Å². The van der Waals surface area contributed by atoms with Crippen molar-refractivity contribution in [3.05, 3.63) is 68.5 Å². The molecule has 0 radical (unpaired) electrons. The summed E-state index contributed by atoms with van der Waals surface area (Å²) in [5.74, 6) is 0.718. The Hall–Kier alpha value is -2.84. The summed E-state index contributed by atoms with van der Waals surface area (Å²) in [5, 5.41) is 7.21. The van der Waals surface area contributed by atoms with E-state index in [9.17, 15) is 9.59 Å². The van der Waals surface area contributed by atoms with Crippen LogP contribution in [0.5, 0.6) is 11.5 Å². The minimum atomic E-state index is -0.850. The van der Waals surface area contributed by atoms with Crippen molar-refractivity contribution < 1.29 is 19.1 Å². The van der Waals surface area contributed by atoms with Gasteiger partial charge in [0.2, 0.25) is 11.8 Å². The summed E-state index contributed by atoms with van der Waals surface area (Å²) in [6, 6.07) is 12.6. The van der Waals surface area contributed by atoms with Gasteiger partial charge in [-0.05, 0) is 41.8 Å². The molecule has 0 aliphatic heterocycles. The lowest BCUT2D eigenvalue weighted by molar-refractivity contribution is -0.141. The fourth-order valence-electron chi connectivity index (χ4n) is 4.66. The Morgan fingerprint density at radius 1 is 0.971 bits per heavy atom. The second-order valence-electron chi connectivity index (χ2n) is 8.69. The van der Waals surface area contributed by atoms with Crippen LogP contribution in [0.1, 0.15) is 53.5 Å². The van der Waals surface area contributed by atoms with Gasteiger partial charge in [0.1, 0.15) is 6.04 Å². The monoisotopic (exact) mass is 512 g/mol. The number of nitrogens with one attached hydrogen (secondary N) is 1. The van der Waals surface area contributed by atoms with Gasteiger partial charge in [0.05, 0.1) is 27.2 Å². The predicted octanol–water partition coefficient (Wildman–Crippen LogP) is 5.59. The standard InChI is InChI=1S/C27H32N2O4S2/c1-32-23-14-6-13-22(26(23)33-2)25(27(31)28-19-9-4-3-5-10-19)29(18-21-12-8-16-35-21)24(30)17-20-11-7-15-34-20/h6-8,11-16,19,25H,3-5,9-10,17-18H2,1-2H3,(H,28,31). The summed E-state index contributed by atoms with van der Waals surface area (Å²) in [6.07, 6.45) is 5.57. The van der Waals surface area contributed by atoms with Crippen LogP contribution in [-0.4, -0.2) is 37.0 Å². The van der Waals surface area contributed by atoms with Gasteiger partial charge in [-0.25, -0.2) is 0 Å². The highest BCUT2D eigenvalue weighted by Crippen LogP contribution is 2.38. The number of thiophene rings is 2. The first kappa shape index (κ1) is 25.3. The number of methoxy groups -OCH3 is 2. The predicted molar refractivity (Wildman–Crippen MR) is 140 cm³/mol. The number of rotatable bonds is 10. The zero-order valence-electron chi connectivity index (χ0n) is 20.2. The molecule has 1 unspecified atom stereocenters. The Balaban J connectivity index is 1.75. The zero-order valence-corrected chi connectivity index (χ0v) is 21.8. The summed E-state index contributed by atoms with van der Waals surface area (Å²) in [6.45, 7) is 0.338. The lowest BCUT2D eigenvalue weighted by atomic mass is 9.94. The first-order valence-corrected chi connectivity index (χ1v) is 13.7. The van der Waals surface area contributed by atoms with Crippen molar-refractivity contribution in [2.75, 3.05) is 14.2 Å². The number of para-hydroxylation sites is 1. The van der Waals surface area contributed by atoms with Crippen LogP contribution in [0.15, 0.2) is 53.2 Å². The maximum atomic E-state index is 14.0. The van der Waals surface area contributed by atoms with E-state index in [4.69, 9.17) is 9.47 Å². The number of hydrogen-bond donors (Lipinski definition) is 1. The van der Waals surface area contributed by atoms with Crippen LogP contribution >= 0.6 is 22.7 Å². The minimum Gasteiger partial charge on any atom is -0.493 e. The molecule has 2 aromatic heterocycles. The summed E-state index contributed by atoms with van der Waals surface area (Å²) >= 11 is 3.12. The molecule has 186 valence electrons. The van der Waals surface area contributed by atoms with Gasteiger partial charge in [0.25, 0.3) is 0 Å². The van der Waals surface area contributed by atoms with Gasteiger partial charge < -0.3 is 19.7 Å². The van der Waals surface area contributed by atoms with Crippen molar-refractivity contribution in [2.45, 2.75) is 57.2 Å². The summed E-state index contributed by atoms with van der Waals surface area (Å²) in [4.78, 5) is 31.4. The fraction of sp³-hybridized carbons (Fsp3) is 0.407. The van der Waals surface area contributed by atoms with Crippen molar-refractivity contribution in [2.24, 2.45) is 0 Å². The van der Waals surface area contributed by atoms with E-state index in [-0.39, 0.29) is 24.3 Å². The van der Waals surface area contributed by atoms with Gasteiger partial charge in [0.15, 0.2) is 11.5 Å². The Labute approximate surface area is 214 Å². The molecular weight excluding hydrogens is 480 g/mol. The number of hydrogen-bond acceptors (Lipinski definition) is 6. The second kappa shape index (κ2) is 12.2. The van der Waals surface area contributed by atoms with E-state index in [1.54, 1.807) is 47.9 Å². The Kier molecular flexibility index (Phi) is 8.82. The van der Waals surface area contributed by atoms with Crippen LogP contribution in [-0.2, 0) is 22.6 Å². The van der Waals surface area contributed by atoms with Crippen LogP contribution < -0.4 is 14.8 Å². The normalized spacial score (nSPS) is 14.8. The molecule has 8 heteroatoms. The molecule has 1 aliphatic carbocycles. The third-order valence-corrected chi connectivity index (χ3v) is 8.11. The van der Waals surface area contributed by atoms with Crippen molar-refractivity contribution >= 4 is 34.5 Å². The van der Waals surface area contributed by atoms with Gasteiger partial charge >= 0.3 is 0 Å². The Morgan fingerprint density at radius 3 is 2.31 bits per heavy atom. The van der Waals surface area contributed by atoms with E-state index < -0.39 is 6.04 Å². The van der Waals surface area contributed by atoms with E-state index in [0.717, 1.165) is 35.4 Å². The molecule has 1 aliphatic rings. The third kappa shape index (κ3) is 6.24. The highest BCUT2D eigenvalue weighted by Gasteiger charge is 2.36. The van der Waals surface area contributed by atoms with Gasteiger partial charge in [-0.3, -0.25) is 9.59 Å². The molecule has 2 heterocycles. The minimum absolute atomic E-state index is 0.102. The molecule has 1 aromatic carbocycles. The summed E-state index contributed by atoms with van der Waals surface area (Å²) in [7, 11) is 3.14. The lowest BCUT2D eigenvalue weighted by Crippen LogP contribution is -2.47. The molecule has 4 rings (SSSR count). The van der Waals surface area contributed by atoms with Crippen LogP contribution in [0.2, 0.25) is 0 Å². The molecule has 2 amide bonds. The molecular formula is C27H32N2O4S2. The first-order chi connectivity index (χ1) is 17.1. The molecule has 1 atom stereocenters. The molecule has 1 saturated carbocycles. The van der Waals surface area contributed by atoms with Crippen LogP contribution in [0.25, 0.3) is 0 Å². The molecule has 35 heavy (non-hydrogen) atoms. The largest absolute Gasteiger partial charge is 0.493 e. The molecule has 0 saturated heterocycles. The van der Waals surface area contributed by atoms with Gasteiger partial charge in [-0.1, -0.05) is 43.5 Å². The Bertz CT molecular complexity index is 1090. The summed E-state index contributed by atoms with van der Waals surface area (Å²) < 4.78 is 11.3. The molecule has 1 N–H and O–H groups in total. The van der Waals surface area contributed by atoms with E-state index in [0.29, 0.717) is 23.6 Å². The lowest BCUT2D eigenvalue weighted by Gasteiger charge is -2.34. The number of ether oxygens (including phenoxy) is 2. The molecule has 3 aromatic rings. The van der Waals surface area contributed by atoms with Crippen LogP contribution in [0, 0.1) is 0 Å². The highest BCUT2D eigenvalue weighted by molar-refractivity contribution is 7.10. The number of amides is 2. The topological polar surface area (TPSA) is 67.9 Å². The number of carbonyl (C=O) groups excluding carboxylic acids is 2. The molecule has 6 nitrogen and oxygen atoms in total. The van der Waals surface area contributed by atoms with Gasteiger partial charge in [-0.15, -0.1) is 22.7 Å². The number of benzene rings is 1. The third-order valence-electron chi connectivity index (χ3n) is 6.37. The maximum absolute atomic E-state index is 14.0. The van der Waals surface area contributed by atoms with Crippen LogP contribution in [0.4, 0.5) is 0 Å². The average Bonchev–Trinajstić information content (AvgIpc) is 3.58. The Morgan fingerprint density at radius 2 is 1.69 bits per heavy atom. The highest BCUT2D eigenvalue weighted by atomic mass is 32.1. The average molecular weight is 513 g/mol. The van der Waals surface area contributed by atoms with Crippen molar-refractivity contribution in [3.63, 3.8) is 0 Å². The van der Waals surface area contributed by atoms with E-state index in [1.165, 1.54) is 6.42 Å². The number of carbonyl (C=O) groups is 2. The SMILES string of the molecule is COc1cccc(C(C(=O)NC2CCCCC2)N(Cc2cccs2)C(=O)Cc2cccs2)c1OC. The summed E-state index contributed by atoms with van der Waals surface area (Å²) in [5.41, 5.74) is 0.622. The van der Waals surface area contributed by atoms with Crippen molar-refractivity contribution in [1.82, 2.24) is 10.2 Å². The fourth-order valence-corrected chi connectivity index (χ4v) is 6.06. The van der Waals surface area contributed by atoms with E-state index in [1.807, 2.05) is 47.2 Å². The van der Waals surface area contributed by atoms with Crippen LogP contribution in [0.3, 0.4) is 0 Å².